The molecule has 0 atom stereocenters. The Bertz CT molecular complexity index is 910. The summed E-state index contributed by atoms with van der Waals surface area (Å²) in [6.07, 6.45) is 5.83. The van der Waals surface area contributed by atoms with E-state index in [9.17, 15) is 0 Å². The molecule has 0 N–H and O–H groups in total. The Morgan fingerprint density at radius 3 is 2.80 bits per heavy atom. The summed E-state index contributed by atoms with van der Waals surface area (Å²) in [7, 11) is 1.99. The number of aromatic nitrogens is 2. The number of rotatable bonds is 1. The summed E-state index contributed by atoms with van der Waals surface area (Å²) < 4.78 is 8.05. The average molecular weight is 261 g/mol. The maximum Gasteiger partial charge on any atom is 0.212 e. The summed E-state index contributed by atoms with van der Waals surface area (Å²) in [5.74, 6) is 0. The fourth-order valence-electron chi connectivity index (χ4n) is 2.57. The van der Waals surface area contributed by atoms with Gasteiger partial charge in [0.25, 0.3) is 0 Å². The number of nitrogens with zero attached hydrogens (tertiary/aromatic N) is 2. The van der Waals surface area contributed by atoms with Gasteiger partial charge in [-0.1, -0.05) is 18.2 Å². The number of aryl methyl sites for hydroxylation is 1. The van der Waals surface area contributed by atoms with Gasteiger partial charge in [-0.15, -0.1) is 0 Å². The maximum atomic E-state index is 6.06. The summed E-state index contributed by atoms with van der Waals surface area (Å²) in [6, 6.07) is 14.2. The van der Waals surface area contributed by atoms with Crippen molar-refractivity contribution in [2.24, 2.45) is 7.05 Å². The number of para-hydroxylation sites is 1. The lowest BCUT2D eigenvalue weighted by molar-refractivity contribution is -0.670. The third-order valence-electron chi connectivity index (χ3n) is 3.52. The van der Waals surface area contributed by atoms with Gasteiger partial charge in [0.2, 0.25) is 6.20 Å². The Morgan fingerprint density at radius 1 is 1.00 bits per heavy atom. The van der Waals surface area contributed by atoms with E-state index < -0.39 is 0 Å². The molecular formula is C17H13N2O+. The van der Waals surface area contributed by atoms with E-state index in [-0.39, 0.29) is 0 Å². The summed E-state index contributed by atoms with van der Waals surface area (Å²) in [5, 5.41) is 2.26. The second kappa shape index (κ2) is 4.17. The number of pyridine rings is 2. The Hall–Kier alpha value is -2.68. The van der Waals surface area contributed by atoms with Crippen LogP contribution in [0.5, 0.6) is 0 Å². The molecule has 4 rings (SSSR count). The topological polar surface area (TPSA) is 29.9 Å². The van der Waals surface area contributed by atoms with Gasteiger partial charge < -0.3 is 4.42 Å². The maximum absolute atomic E-state index is 6.06. The second-order valence-corrected chi connectivity index (χ2v) is 4.89. The van der Waals surface area contributed by atoms with Gasteiger partial charge in [-0.05, 0) is 18.2 Å². The molecule has 0 saturated heterocycles. The van der Waals surface area contributed by atoms with Gasteiger partial charge >= 0.3 is 0 Å². The molecule has 0 fully saturated rings. The first-order chi connectivity index (χ1) is 9.83. The Morgan fingerprint density at radius 2 is 1.95 bits per heavy atom. The summed E-state index contributed by atoms with van der Waals surface area (Å²) in [4.78, 5) is 4.42. The van der Waals surface area contributed by atoms with Gasteiger partial charge in [-0.2, -0.15) is 0 Å². The fraction of sp³-hybridized carbons (Fsp3) is 0.0588. The highest BCUT2D eigenvalue weighted by molar-refractivity contribution is 6.08. The second-order valence-electron chi connectivity index (χ2n) is 4.89. The molecule has 0 aliphatic heterocycles. The molecule has 0 aliphatic rings. The highest BCUT2D eigenvalue weighted by Gasteiger charge is 2.14. The van der Waals surface area contributed by atoms with Crippen molar-refractivity contribution < 1.29 is 8.98 Å². The van der Waals surface area contributed by atoms with Crippen LogP contribution in [0.3, 0.4) is 0 Å². The molecule has 0 aliphatic carbocycles. The number of hydrogen-bond acceptors (Lipinski definition) is 2. The van der Waals surface area contributed by atoms with E-state index in [2.05, 4.69) is 17.1 Å². The third kappa shape index (κ3) is 1.60. The van der Waals surface area contributed by atoms with Crippen LogP contribution in [0.4, 0.5) is 0 Å². The van der Waals surface area contributed by atoms with Crippen LogP contribution in [-0.4, -0.2) is 4.98 Å². The molecule has 0 amide bonds. The largest absolute Gasteiger partial charge is 0.449 e. The zero-order valence-electron chi connectivity index (χ0n) is 11.1. The first-order valence-electron chi connectivity index (χ1n) is 6.55. The Balaban J connectivity index is 2.11. The van der Waals surface area contributed by atoms with Crippen LogP contribution in [0.25, 0.3) is 33.2 Å². The third-order valence-corrected chi connectivity index (χ3v) is 3.52. The van der Waals surface area contributed by atoms with E-state index in [0.717, 1.165) is 33.2 Å². The van der Waals surface area contributed by atoms with Crippen LogP contribution in [0.1, 0.15) is 0 Å². The number of benzene rings is 1. The van der Waals surface area contributed by atoms with Crippen molar-refractivity contribution in [2.75, 3.05) is 0 Å². The molecule has 0 saturated carbocycles. The molecule has 0 bridgehead atoms. The van der Waals surface area contributed by atoms with Gasteiger partial charge in [0.1, 0.15) is 12.6 Å². The molecule has 0 unspecified atom stereocenters. The van der Waals surface area contributed by atoms with Crippen LogP contribution >= 0.6 is 0 Å². The van der Waals surface area contributed by atoms with Gasteiger partial charge in [-0.25, -0.2) is 4.57 Å². The summed E-state index contributed by atoms with van der Waals surface area (Å²) in [6.45, 7) is 0. The molecule has 4 aromatic rings. The van der Waals surface area contributed by atoms with Crippen molar-refractivity contribution in [2.45, 2.75) is 0 Å². The Labute approximate surface area is 116 Å². The quantitative estimate of drug-likeness (QED) is 0.491. The highest BCUT2D eigenvalue weighted by Crippen LogP contribution is 2.34. The van der Waals surface area contributed by atoms with Crippen molar-refractivity contribution in [1.82, 2.24) is 4.98 Å². The number of fused-ring (bicyclic) bond motifs is 3. The molecule has 3 heteroatoms. The van der Waals surface area contributed by atoms with Crippen LogP contribution in [0.15, 0.2) is 65.5 Å². The van der Waals surface area contributed by atoms with Crippen LogP contribution < -0.4 is 4.57 Å². The Kier molecular flexibility index (Phi) is 2.33. The molecular weight excluding hydrogens is 248 g/mol. The van der Waals surface area contributed by atoms with E-state index in [1.165, 1.54) is 0 Å². The molecule has 3 nitrogen and oxygen atoms in total. The minimum atomic E-state index is 0.896. The van der Waals surface area contributed by atoms with E-state index in [4.69, 9.17) is 4.42 Å². The first-order valence-corrected chi connectivity index (χ1v) is 6.55. The van der Waals surface area contributed by atoms with E-state index >= 15 is 0 Å². The smallest absolute Gasteiger partial charge is 0.212 e. The molecule has 3 aromatic heterocycles. The first kappa shape index (κ1) is 11.2. The van der Waals surface area contributed by atoms with Crippen LogP contribution in [0.2, 0.25) is 0 Å². The van der Waals surface area contributed by atoms with Crippen LogP contribution in [0, 0.1) is 0 Å². The SMILES string of the molecule is C[n+]1ccc2c(c1)oc1c(-c3ccccn3)cccc12. The highest BCUT2D eigenvalue weighted by atomic mass is 16.3. The lowest BCUT2D eigenvalue weighted by atomic mass is 10.1. The van der Waals surface area contributed by atoms with Gasteiger partial charge in [0, 0.05) is 28.6 Å². The lowest BCUT2D eigenvalue weighted by Crippen LogP contribution is -2.25. The zero-order chi connectivity index (χ0) is 13.5. The van der Waals surface area contributed by atoms with Gasteiger partial charge in [0.15, 0.2) is 11.8 Å². The van der Waals surface area contributed by atoms with Gasteiger partial charge in [-0.3, -0.25) is 4.98 Å². The normalized spacial score (nSPS) is 11.2. The minimum absolute atomic E-state index is 0.896. The molecule has 0 radical (unpaired) electrons. The number of hydrogen-bond donors (Lipinski definition) is 0. The van der Waals surface area contributed by atoms with Crippen molar-refractivity contribution in [1.29, 1.82) is 0 Å². The summed E-state index contributed by atoms with van der Waals surface area (Å²) >= 11 is 0. The summed E-state index contributed by atoms with van der Waals surface area (Å²) in [5.41, 5.74) is 3.75. The van der Waals surface area contributed by atoms with Crippen molar-refractivity contribution >= 4 is 21.9 Å². The van der Waals surface area contributed by atoms with Crippen molar-refractivity contribution in [3.63, 3.8) is 0 Å². The minimum Gasteiger partial charge on any atom is -0.449 e. The standard InChI is InChI=1S/C17H13N2O/c1-19-10-8-12-13-5-4-6-14(15-7-2-3-9-18-15)17(13)20-16(12)11-19/h2-11H,1H3/q+1. The monoisotopic (exact) mass is 261 g/mol. The van der Waals surface area contributed by atoms with E-state index in [0.29, 0.717) is 0 Å². The van der Waals surface area contributed by atoms with Crippen molar-refractivity contribution in [3.8, 4) is 11.3 Å². The zero-order valence-corrected chi connectivity index (χ0v) is 11.1. The fourth-order valence-corrected chi connectivity index (χ4v) is 2.57. The molecule has 1 aromatic carbocycles. The molecule has 96 valence electrons. The van der Waals surface area contributed by atoms with E-state index in [1.807, 2.05) is 54.3 Å². The predicted octanol–water partition coefficient (Wildman–Crippen LogP) is 3.47. The average Bonchev–Trinajstić information content (AvgIpc) is 2.85. The van der Waals surface area contributed by atoms with Gasteiger partial charge in [0.05, 0.1) is 5.69 Å². The van der Waals surface area contributed by atoms with Crippen LogP contribution in [-0.2, 0) is 7.05 Å². The number of furan rings is 1. The predicted molar refractivity (Wildman–Crippen MR) is 78.1 cm³/mol. The molecule has 20 heavy (non-hydrogen) atoms. The van der Waals surface area contributed by atoms with Crippen molar-refractivity contribution in [3.05, 3.63) is 61.1 Å². The lowest BCUT2D eigenvalue weighted by Gasteiger charge is -2.00. The molecule has 0 spiro atoms. The van der Waals surface area contributed by atoms with E-state index in [1.54, 1.807) is 6.20 Å². The molecule has 3 heterocycles.